The van der Waals surface area contributed by atoms with Crippen LogP contribution in [0.3, 0.4) is 0 Å². The summed E-state index contributed by atoms with van der Waals surface area (Å²) in [5.41, 5.74) is 0.539. The van der Waals surface area contributed by atoms with Gasteiger partial charge in [0.1, 0.15) is 11.9 Å². The largest absolute Gasteiger partial charge is 0.387 e. The van der Waals surface area contributed by atoms with Gasteiger partial charge in [-0.2, -0.15) is 0 Å². The van der Waals surface area contributed by atoms with Crippen LogP contribution in [0.15, 0.2) is 30.5 Å². The maximum absolute atomic E-state index is 10.5. The van der Waals surface area contributed by atoms with E-state index >= 15 is 0 Å². The summed E-state index contributed by atoms with van der Waals surface area (Å²) < 4.78 is 0. The molecule has 1 unspecified atom stereocenters. The van der Waals surface area contributed by atoms with Crippen LogP contribution >= 0.6 is 11.6 Å². The first-order valence-corrected chi connectivity index (χ1v) is 7.78. The van der Waals surface area contributed by atoms with Gasteiger partial charge in [-0.1, -0.05) is 29.8 Å². The molecule has 1 aromatic heterocycles. The minimum atomic E-state index is -1.30. The molecule has 2 aromatic rings. The number of aliphatic hydroxyl groups excluding tert-OH is 1. The third kappa shape index (κ3) is 3.00. The Hall–Kier alpha value is -1.49. The summed E-state index contributed by atoms with van der Waals surface area (Å²) in [4.78, 5) is 8.96. The highest BCUT2D eigenvalue weighted by Crippen LogP contribution is 2.41. The minimum Gasteiger partial charge on any atom is -0.387 e. The number of nitrogens with zero attached hydrogens (tertiary/aromatic N) is 2. The molecule has 1 saturated carbocycles. The third-order valence-electron chi connectivity index (χ3n) is 3.87. The van der Waals surface area contributed by atoms with Crippen molar-refractivity contribution in [3.8, 4) is 11.1 Å². The van der Waals surface area contributed by atoms with E-state index in [0.29, 0.717) is 22.2 Å². The van der Waals surface area contributed by atoms with Crippen LogP contribution in [0.25, 0.3) is 11.1 Å². The molecule has 1 atom stereocenters. The smallest absolute Gasteiger partial charge is 0.131 e. The van der Waals surface area contributed by atoms with Gasteiger partial charge in [-0.05, 0) is 32.8 Å². The molecule has 116 valence electrons. The van der Waals surface area contributed by atoms with Gasteiger partial charge in [-0.15, -0.1) is 0 Å². The lowest BCUT2D eigenvalue weighted by atomic mass is 9.93. The average molecular weight is 319 g/mol. The van der Waals surface area contributed by atoms with E-state index in [1.165, 1.54) is 0 Å². The lowest BCUT2D eigenvalue weighted by molar-refractivity contribution is -0.0515. The molecule has 0 spiro atoms. The van der Waals surface area contributed by atoms with Gasteiger partial charge in [0.25, 0.3) is 0 Å². The topological polar surface area (TPSA) is 66.2 Å². The van der Waals surface area contributed by atoms with E-state index < -0.39 is 11.7 Å². The molecule has 1 heterocycles. The second-order valence-electron chi connectivity index (χ2n) is 6.34. The quantitative estimate of drug-likeness (QED) is 0.905. The molecule has 1 aliphatic rings. The fourth-order valence-electron chi connectivity index (χ4n) is 2.38. The summed E-state index contributed by atoms with van der Waals surface area (Å²) in [6.45, 7) is 3.12. The van der Waals surface area contributed by atoms with Crippen molar-refractivity contribution >= 4 is 11.6 Å². The molecule has 4 nitrogen and oxygen atoms in total. The van der Waals surface area contributed by atoms with Crippen molar-refractivity contribution in [2.24, 2.45) is 0 Å². The summed E-state index contributed by atoms with van der Waals surface area (Å²) in [7, 11) is 0. The summed E-state index contributed by atoms with van der Waals surface area (Å²) in [6.07, 6.45) is 2.73. The molecule has 5 heteroatoms. The van der Waals surface area contributed by atoms with Crippen LogP contribution in [0.5, 0.6) is 0 Å². The molecule has 0 bridgehead atoms. The number of hydrogen-bond donors (Lipinski definition) is 2. The first-order chi connectivity index (χ1) is 10.4. The summed E-state index contributed by atoms with van der Waals surface area (Å²) in [5, 5.41) is 21.3. The highest BCUT2D eigenvalue weighted by molar-refractivity contribution is 6.33. The molecular weight excluding hydrogens is 300 g/mol. The maximum atomic E-state index is 10.5. The zero-order chi connectivity index (χ0) is 15.9. The van der Waals surface area contributed by atoms with Gasteiger partial charge in [0, 0.05) is 28.3 Å². The SMILES string of the molecule is CC(C)(O)C(O)c1nc(C2CC2)ncc1-c1ccccc1Cl. The number of halogens is 1. The zero-order valence-corrected chi connectivity index (χ0v) is 13.4. The molecular formula is C17H19ClN2O2. The Labute approximate surface area is 134 Å². The Kier molecular flexibility index (Phi) is 3.93. The lowest BCUT2D eigenvalue weighted by Crippen LogP contribution is -2.30. The van der Waals surface area contributed by atoms with Crippen molar-refractivity contribution in [2.45, 2.75) is 44.3 Å². The molecule has 2 N–H and O–H groups in total. The average Bonchev–Trinajstić information content (AvgIpc) is 3.30. The van der Waals surface area contributed by atoms with E-state index in [9.17, 15) is 10.2 Å². The normalized spacial score (nSPS) is 16.6. The molecule has 0 amide bonds. The molecule has 22 heavy (non-hydrogen) atoms. The van der Waals surface area contributed by atoms with Gasteiger partial charge in [-0.3, -0.25) is 0 Å². The van der Waals surface area contributed by atoms with Gasteiger partial charge in [0.15, 0.2) is 0 Å². The first-order valence-electron chi connectivity index (χ1n) is 7.40. The van der Waals surface area contributed by atoms with E-state index in [1.807, 2.05) is 18.2 Å². The van der Waals surface area contributed by atoms with Gasteiger partial charge >= 0.3 is 0 Å². The highest BCUT2D eigenvalue weighted by Gasteiger charge is 2.33. The van der Waals surface area contributed by atoms with Crippen LogP contribution < -0.4 is 0 Å². The number of aromatic nitrogens is 2. The van der Waals surface area contributed by atoms with Gasteiger partial charge in [-0.25, -0.2) is 9.97 Å². The molecule has 1 aliphatic carbocycles. The Bertz CT molecular complexity index is 693. The molecule has 3 rings (SSSR count). The van der Waals surface area contributed by atoms with Crippen molar-refractivity contribution in [3.63, 3.8) is 0 Å². The van der Waals surface area contributed by atoms with E-state index in [0.717, 1.165) is 24.2 Å². The van der Waals surface area contributed by atoms with Crippen LogP contribution in [-0.2, 0) is 0 Å². The molecule has 0 saturated heterocycles. The highest BCUT2D eigenvalue weighted by atomic mass is 35.5. The summed E-state index contributed by atoms with van der Waals surface area (Å²) >= 11 is 6.26. The van der Waals surface area contributed by atoms with Crippen molar-refractivity contribution in [3.05, 3.63) is 47.0 Å². The number of hydrogen-bond acceptors (Lipinski definition) is 4. The van der Waals surface area contributed by atoms with E-state index in [4.69, 9.17) is 11.6 Å². The second kappa shape index (κ2) is 5.61. The van der Waals surface area contributed by atoms with E-state index in [1.54, 1.807) is 26.1 Å². The molecule has 1 aromatic carbocycles. The van der Waals surface area contributed by atoms with Crippen molar-refractivity contribution in [1.29, 1.82) is 0 Å². The molecule has 0 aliphatic heterocycles. The van der Waals surface area contributed by atoms with Crippen LogP contribution in [0.1, 0.15) is 50.2 Å². The van der Waals surface area contributed by atoms with Gasteiger partial charge in [0.05, 0.1) is 11.3 Å². The minimum absolute atomic E-state index is 0.369. The molecule has 0 radical (unpaired) electrons. The Morgan fingerprint density at radius 2 is 1.91 bits per heavy atom. The van der Waals surface area contributed by atoms with Crippen molar-refractivity contribution < 1.29 is 10.2 Å². The second-order valence-corrected chi connectivity index (χ2v) is 6.74. The monoisotopic (exact) mass is 318 g/mol. The van der Waals surface area contributed by atoms with Crippen LogP contribution in [0.4, 0.5) is 0 Å². The lowest BCUT2D eigenvalue weighted by Gasteiger charge is -2.26. The zero-order valence-electron chi connectivity index (χ0n) is 12.6. The molecule has 1 fully saturated rings. The van der Waals surface area contributed by atoms with Crippen molar-refractivity contribution in [2.75, 3.05) is 0 Å². The maximum Gasteiger partial charge on any atom is 0.131 e. The van der Waals surface area contributed by atoms with E-state index in [-0.39, 0.29) is 0 Å². The Morgan fingerprint density at radius 3 is 2.50 bits per heavy atom. The Balaban J connectivity index is 2.15. The first kappa shape index (κ1) is 15.4. The standard InChI is InChI=1S/C17H19ClN2O2/c1-17(2,22)15(21)14-12(11-5-3-4-6-13(11)18)9-19-16(20-14)10-7-8-10/h3-6,9-10,15,21-22H,7-8H2,1-2H3. The predicted molar refractivity (Wildman–Crippen MR) is 85.7 cm³/mol. The third-order valence-corrected chi connectivity index (χ3v) is 4.20. The van der Waals surface area contributed by atoms with Crippen LogP contribution in [0, 0.1) is 0 Å². The number of aliphatic hydroxyl groups is 2. The number of benzene rings is 1. The summed E-state index contributed by atoms with van der Waals surface area (Å²) in [6, 6.07) is 7.36. The fourth-order valence-corrected chi connectivity index (χ4v) is 2.62. The fraction of sp³-hybridized carbons (Fsp3) is 0.412. The Morgan fingerprint density at radius 1 is 1.23 bits per heavy atom. The van der Waals surface area contributed by atoms with Gasteiger partial charge < -0.3 is 10.2 Å². The van der Waals surface area contributed by atoms with Crippen LogP contribution in [0.2, 0.25) is 5.02 Å². The van der Waals surface area contributed by atoms with Crippen molar-refractivity contribution in [1.82, 2.24) is 9.97 Å². The number of rotatable bonds is 4. The van der Waals surface area contributed by atoms with Crippen LogP contribution in [-0.4, -0.2) is 25.8 Å². The van der Waals surface area contributed by atoms with E-state index in [2.05, 4.69) is 9.97 Å². The van der Waals surface area contributed by atoms with Gasteiger partial charge in [0.2, 0.25) is 0 Å². The predicted octanol–water partition coefficient (Wildman–Crippen LogP) is 3.48. The summed E-state index contributed by atoms with van der Waals surface area (Å²) in [5.74, 6) is 1.10.